The Morgan fingerprint density at radius 1 is 1.39 bits per heavy atom. The first-order valence-electron chi connectivity index (χ1n) is 5.79. The van der Waals surface area contributed by atoms with Crippen molar-refractivity contribution in [3.8, 4) is 0 Å². The minimum absolute atomic E-state index is 0.0177. The molecule has 1 aliphatic heterocycles. The fourth-order valence-corrected chi connectivity index (χ4v) is 4.39. The van der Waals surface area contributed by atoms with Crippen LogP contribution >= 0.6 is 15.9 Å². The van der Waals surface area contributed by atoms with Gasteiger partial charge in [0.15, 0.2) is 0 Å². The Bertz CT molecular complexity index is 561. The van der Waals surface area contributed by atoms with Crippen LogP contribution in [-0.4, -0.2) is 25.3 Å². The first-order valence-corrected chi connectivity index (χ1v) is 8.02. The molecule has 0 radical (unpaired) electrons. The van der Waals surface area contributed by atoms with Crippen LogP contribution in [-0.2, 0) is 10.0 Å². The molecule has 0 saturated carbocycles. The van der Waals surface area contributed by atoms with Crippen molar-refractivity contribution in [1.29, 1.82) is 0 Å². The topological polar surface area (TPSA) is 37.4 Å². The van der Waals surface area contributed by atoms with Crippen LogP contribution in [0.2, 0.25) is 0 Å². The van der Waals surface area contributed by atoms with Gasteiger partial charge >= 0.3 is 0 Å². The van der Waals surface area contributed by atoms with E-state index in [2.05, 4.69) is 15.9 Å². The van der Waals surface area contributed by atoms with Crippen LogP contribution in [0.3, 0.4) is 0 Å². The molecule has 2 unspecified atom stereocenters. The quantitative estimate of drug-likeness (QED) is 0.833. The maximum Gasteiger partial charge on any atom is 0.243 e. The largest absolute Gasteiger partial charge is 0.243 e. The second kappa shape index (κ2) is 4.90. The molecule has 1 heterocycles. The highest BCUT2D eigenvalue weighted by atomic mass is 79.9. The van der Waals surface area contributed by atoms with E-state index in [0.717, 1.165) is 12.5 Å². The number of sulfonamides is 1. The molecule has 2 rings (SSSR count). The van der Waals surface area contributed by atoms with Gasteiger partial charge in [-0.25, -0.2) is 12.8 Å². The maximum absolute atomic E-state index is 13.4. The predicted octanol–water partition coefficient (Wildman–Crippen LogP) is 3.01. The summed E-state index contributed by atoms with van der Waals surface area (Å²) in [6, 6.07) is 3.89. The highest BCUT2D eigenvalue weighted by molar-refractivity contribution is 9.10. The van der Waals surface area contributed by atoms with Crippen LogP contribution in [0.15, 0.2) is 27.6 Å². The number of nitrogens with zero attached hydrogens (tertiary/aromatic N) is 1. The summed E-state index contributed by atoms with van der Waals surface area (Å²) in [6.07, 6.45) is 0.845. The lowest BCUT2D eigenvalue weighted by molar-refractivity contribution is 0.405. The van der Waals surface area contributed by atoms with Crippen molar-refractivity contribution in [2.75, 3.05) is 6.54 Å². The van der Waals surface area contributed by atoms with E-state index >= 15 is 0 Å². The van der Waals surface area contributed by atoms with Crippen molar-refractivity contribution in [2.45, 2.75) is 31.2 Å². The molecule has 0 spiro atoms. The zero-order valence-corrected chi connectivity index (χ0v) is 12.6. The van der Waals surface area contributed by atoms with E-state index in [1.165, 1.54) is 16.4 Å². The molecule has 1 fully saturated rings. The van der Waals surface area contributed by atoms with Crippen LogP contribution in [0.5, 0.6) is 0 Å². The average molecular weight is 336 g/mol. The molecule has 1 saturated heterocycles. The van der Waals surface area contributed by atoms with Crippen molar-refractivity contribution < 1.29 is 12.8 Å². The molecule has 100 valence electrons. The van der Waals surface area contributed by atoms with Crippen molar-refractivity contribution >= 4 is 26.0 Å². The molecule has 18 heavy (non-hydrogen) atoms. The zero-order valence-electron chi connectivity index (χ0n) is 10.2. The molecule has 1 aliphatic rings. The van der Waals surface area contributed by atoms with E-state index in [4.69, 9.17) is 0 Å². The fourth-order valence-electron chi connectivity index (χ4n) is 2.37. The van der Waals surface area contributed by atoms with E-state index in [1.807, 2.05) is 13.8 Å². The fraction of sp³-hybridized carbons (Fsp3) is 0.500. The Kier molecular flexibility index (Phi) is 3.80. The summed E-state index contributed by atoms with van der Waals surface area (Å²) in [6.45, 7) is 4.41. The molecule has 3 nitrogen and oxygen atoms in total. The molecule has 2 atom stereocenters. The molecule has 0 aliphatic carbocycles. The summed E-state index contributed by atoms with van der Waals surface area (Å²) in [4.78, 5) is 0.0177. The zero-order chi connectivity index (χ0) is 13.5. The molecular weight excluding hydrogens is 321 g/mol. The second-order valence-electron chi connectivity index (χ2n) is 4.84. The van der Waals surface area contributed by atoms with Crippen LogP contribution in [0.25, 0.3) is 0 Å². The van der Waals surface area contributed by atoms with Crippen LogP contribution in [0.1, 0.15) is 20.3 Å². The Morgan fingerprint density at radius 3 is 2.56 bits per heavy atom. The molecule has 0 aromatic heterocycles. The number of halogens is 2. The predicted molar refractivity (Wildman–Crippen MR) is 71.2 cm³/mol. The van der Waals surface area contributed by atoms with Gasteiger partial charge in [-0.1, -0.05) is 6.92 Å². The lowest BCUT2D eigenvalue weighted by atomic mass is 10.1. The van der Waals surface area contributed by atoms with Crippen molar-refractivity contribution in [3.05, 3.63) is 28.5 Å². The Balaban J connectivity index is 2.39. The molecule has 0 bridgehead atoms. The number of benzene rings is 1. The van der Waals surface area contributed by atoms with Crippen LogP contribution in [0.4, 0.5) is 4.39 Å². The minimum Gasteiger partial charge on any atom is -0.207 e. The van der Waals surface area contributed by atoms with E-state index in [9.17, 15) is 12.8 Å². The molecule has 1 aromatic rings. The lowest BCUT2D eigenvalue weighted by Gasteiger charge is -2.21. The third-order valence-corrected chi connectivity index (χ3v) is 5.84. The van der Waals surface area contributed by atoms with Crippen molar-refractivity contribution in [2.24, 2.45) is 5.92 Å². The third-order valence-electron chi connectivity index (χ3n) is 3.22. The summed E-state index contributed by atoms with van der Waals surface area (Å²) in [5.74, 6) is -0.217. The van der Waals surface area contributed by atoms with Crippen LogP contribution < -0.4 is 0 Å². The highest BCUT2D eigenvalue weighted by Crippen LogP contribution is 2.30. The monoisotopic (exact) mass is 335 g/mol. The summed E-state index contributed by atoms with van der Waals surface area (Å²) in [5, 5.41) is 0. The van der Waals surface area contributed by atoms with E-state index in [-0.39, 0.29) is 15.4 Å². The van der Waals surface area contributed by atoms with Crippen LogP contribution in [0, 0.1) is 11.7 Å². The van der Waals surface area contributed by atoms with Gasteiger partial charge in [-0.2, -0.15) is 4.31 Å². The molecule has 0 amide bonds. The average Bonchev–Trinajstić information content (AvgIpc) is 2.62. The SMILES string of the molecule is CC1CC(C)N(S(=O)(=O)c2ccc(Br)c(F)c2)C1. The second-order valence-corrected chi connectivity index (χ2v) is 7.59. The number of hydrogen-bond donors (Lipinski definition) is 0. The third kappa shape index (κ3) is 2.46. The molecule has 6 heteroatoms. The van der Waals surface area contributed by atoms with Crippen molar-refractivity contribution in [1.82, 2.24) is 4.31 Å². The molecular formula is C12H15BrFNO2S. The van der Waals surface area contributed by atoms with Gasteiger partial charge in [0.25, 0.3) is 0 Å². The Hall–Kier alpha value is -0.460. The summed E-state index contributed by atoms with van der Waals surface area (Å²) >= 11 is 3.02. The van der Waals surface area contributed by atoms with Gasteiger partial charge in [0.1, 0.15) is 5.82 Å². The van der Waals surface area contributed by atoms with E-state index < -0.39 is 15.8 Å². The Morgan fingerprint density at radius 2 is 2.06 bits per heavy atom. The summed E-state index contributed by atoms with van der Waals surface area (Å²) < 4.78 is 40.0. The van der Waals surface area contributed by atoms with Crippen molar-refractivity contribution in [3.63, 3.8) is 0 Å². The van der Waals surface area contributed by atoms with Gasteiger partial charge in [-0.05, 0) is 53.4 Å². The van der Waals surface area contributed by atoms with Gasteiger partial charge in [0, 0.05) is 12.6 Å². The lowest BCUT2D eigenvalue weighted by Crippen LogP contribution is -2.34. The summed E-state index contributed by atoms with van der Waals surface area (Å²) in [5.41, 5.74) is 0. The van der Waals surface area contributed by atoms with E-state index in [1.54, 1.807) is 0 Å². The van der Waals surface area contributed by atoms with Gasteiger partial charge in [-0.15, -0.1) is 0 Å². The number of hydrogen-bond acceptors (Lipinski definition) is 2. The van der Waals surface area contributed by atoms with Gasteiger partial charge in [0.05, 0.1) is 9.37 Å². The highest BCUT2D eigenvalue weighted by Gasteiger charge is 2.36. The Labute approximate surface area is 115 Å². The molecule has 1 aromatic carbocycles. The minimum atomic E-state index is -3.59. The number of rotatable bonds is 2. The van der Waals surface area contributed by atoms with Gasteiger partial charge in [0.2, 0.25) is 10.0 Å². The first-order chi connectivity index (χ1) is 8.32. The van der Waals surface area contributed by atoms with E-state index in [0.29, 0.717) is 12.5 Å². The summed E-state index contributed by atoms with van der Waals surface area (Å²) in [7, 11) is -3.59. The van der Waals surface area contributed by atoms with Gasteiger partial charge < -0.3 is 0 Å². The standard InChI is InChI=1S/C12H15BrFNO2S/c1-8-5-9(2)15(7-8)18(16,17)10-3-4-11(13)12(14)6-10/h3-4,6,8-9H,5,7H2,1-2H3. The van der Waals surface area contributed by atoms with Gasteiger partial charge in [-0.3, -0.25) is 0 Å². The molecule has 0 N–H and O–H groups in total. The maximum atomic E-state index is 13.4. The smallest absolute Gasteiger partial charge is 0.207 e. The first kappa shape index (κ1) is 14.0. The normalized spacial score (nSPS) is 25.6.